The third kappa shape index (κ3) is 2.93. The van der Waals surface area contributed by atoms with Crippen LogP contribution in [0.5, 0.6) is 0 Å². The summed E-state index contributed by atoms with van der Waals surface area (Å²) in [7, 11) is 1.26. The highest BCUT2D eigenvalue weighted by Crippen LogP contribution is 2.20. The van der Waals surface area contributed by atoms with E-state index >= 15 is 0 Å². The maximum atomic E-state index is 13.2. The standard InChI is InChI=1S/C14H14FNO3/c1-9-5-6-19-13(9)8-16-12-4-3-10(15)7-11(12)14(17)18-2/h3-7,16H,8H2,1-2H3. The molecule has 1 N–H and O–H groups in total. The van der Waals surface area contributed by atoms with Crippen LogP contribution in [0.2, 0.25) is 0 Å². The van der Waals surface area contributed by atoms with Gasteiger partial charge in [-0.25, -0.2) is 9.18 Å². The van der Waals surface area contributed by atoms with Crippen LogP contribution in [0, 0.1) is 12.7 Å². The van der Waals surface area contributed by atoms with Crippen molar-refractivity contribution in [3.63, 3.8) is 0 Å². The summed E-state index contributed by atoms with van der Waals surface area (Å²) in [6.45, 7) is 2.33. The van der Waals surface area contributed by atoms with Crippen LogP contribution in [0.3, 0.4) is 0 Å². The van der Waals surface area contributed by atoms with Crippen LogP contribution >= 0.6 is 0 Å². The molecule has 2 rings (SSSR count). The number of benzene rings is 1. The molecule has 0 atom stereocenters. The van der Waals surface area contributed by atoms with E-state index in [0.29, 0.717) is 12.2 Å². The smallest absolute Gasteiger partial charge is 0.340 e. The highest BCUT2D eigenvalue weighted by atomic mass is 19.1. The molecule has 0 spiro atoms. The SMILES string of the molecule is COC(=O)c1cc(F)ccc1NCc1occc1C. The molecule has 4 nitrogen and oxygen atoms in total. The summed E-state index contributed by atoms with van der Waals surface area (Å²) in [6.07, 6.45) is 1.60. The van der Waals surface area contributed by atoms with E-state index in [9.17, 15) is 9.18 Å². The average molecular weight is 263 g/mol. The van der Waals surface area contributed by atoms with Gasteiger partial charge in [-0.15, -0.1) is 0 Å². The minimum atomic E-state index is -0.585. The van der Waals surface area contributed by atoms with E-state index < -0.39 is 11.8 Å². The summed E-state index contributed by atoms with van der Waals surface area (Å²) in [5.41, 5.74) is 1.67. The summed E-state index contributed by atoms with van der Waals surface area (Å²) in [6, 6.07) is 5.77. The zero-order valence-corrected chi connectivity index (χ0v) is 10.7. The van der Waals surface area contributed by atoms with Gasteiger partial charge in [0.2, 0.25) is 0 Å². The van der Waals surface area contributed by atoms with Crippen molar-refractivity contribution < 1.29 is 18.3 Å². The van der Waals surface area contributed by atoms with E-state index in [-0.39, 0.29) is 5.56 Å². The maximum absolute atomic E-state index is 13.2. The molecule has 0 unspecified atom stereocenters. The zero-order chi connectivity index (χ0) is 13.8. The lowest BCUT2D eigenvalue weighted by atomic mass is 10.1. The number of nitrogens with one attached hydrogen (secondary N) is 1. The Morgan fingerprint density at radius 3 is 2.84 bits per heavy atom. The van der Waals surface area contributed by atoms with Crippen LogP contribution in [0.4, 0.5) is 10.1 Å². The maximum Gasteiger partial charge on any atom is 0.340 e. The molecule has 0 aliphatic carbocycles. The van der Waals surface area contributed by atoms with Gasteiger partial charge in [-0.05, 0) is 36.8 Å². The fraction of sp³-hybridized carbons (Fsp3) is 0.214. The molecule has 0 fully saturated rings. The van der Waals surface area contributed by atoms with Gasteiger partial charge in [0.15, 0.2) is 0 Å². The Labute approximate surface area is 110 Å². The summed E-state index contributed by atoms with van der Waals surface area (Å²) >= 11 is 0. The number of hydrogen-bond donors (Lipinski definition) is 1. The number of methoxy groups -OCH3 is 1. The highest BCUT2D eigenvalue weighted by Gasteiger charge is 2.13. The molecule has 0 saturated carbocycles. The second-order valence-corrected chi connectivity index (χ2v) is 4.06. The van der Waals surface area contributed by atoms with Gasteiger partial charge in [0.1, 0.15) is 11.6 Å². The Bertz CT molecular complexity index is 592. The van der Waals surface area contributed by atoms with E-state index in [4.69, 9.17) is 4.42 Å². The van der Waals surface area contributed by atoms with Crippen molar-refractivity contribution in [3.05, 3.63) is 53.2 Å². The van der Waals surface area contributed by atoms with Crippen molar-refractivity contribution in [1.29, 1.82) is 0 Å². The van der Waals surface area contributed by atoms with Gasteiger partial charge in [0, 0.05) is 5.69 Å². The van der Waals surface area contributed by atoms with Gasteiger partial charge in [-0.3, -0.25) is 0 Å². The Morgan fingerprint density at radius 2 is 2.21 bits per heavy atom. The number of carbonyl (C=O) groups excluding carboxylic acids is 1. The second-order valence-electron chi connectivity index (χ2n) is 4.06. The molecule has 2 aromatic rings. The Kier molecular flexibility index (Phi) is 3.85. The number of aryl methyl sites for hydroxylation is 1. The lowest BCUT2D eigenvalue weighted by molar-refractivity contribution is 0.0601. The largest absolute Gasteiger partial charge is 0.467 e. The van der Waals surface area contributed by atoms with E-state index in [0.717, 1.165) is 17.4 Å². The first-order valence-electron chi connectivity index (χ1n) is 5.76. The minimum Gasteiger partial charge on any atom is -0.467 e. The van der Waals surface area contributed by atoms with Crippen LogP contribution < -0.4 is 5.32 Å². The summed E-state index contributed by atoms with van der Waals surface area (Å²) in [5, 5.41) is 3.04. The molecule has 1 aromatic heterocycles. The fourth-order valence-electron chi connectivity index (χ4n) is 1.71. The van der Waals surface area contributed by atoms with Crippen molar-refractivity contribution in [2.75, 3.05) is 12.4 Å². The van der Waals surface area contributed by atoms with Gasteiger partial charge in [-0.1, -0.05) is 0 Å². The summed E-state index contributed by atoms with van der Waals surface area (Å²) in [4.78, 5) is 11.6. The normalized spacial score (nSPS) is 10.3. The molecule has 0 aliphatic rings. The Hall–Kier alpha value is -2.30. The highest BCUT2D eigenvalue weighted by molar-refractivity contribution is 5.95. The quantitative estimate of drug-likeness (QED) is 0.861. The van der Waals surface area contributed by atoms with E-state index in [1.54, 1.807) is 6.26 Å². The molecule has 1 aromatic carbocycles. The van der Waals surface area contributed by atoms with Crippen LogP contribution in [0.1, 0.15) is 21.7 Å². The monoisotopic (exact) mass is 263 g/mol. The number of anilines is 1. The first-order valence-corrected chi connectivity index (χ1v) is 5.76. The van der Waals surface area contributed by atoms with Gasteiger partial charge in [-0.2, -0.15) is 0 Å². The number of ether oxygens (including phenoxy) is 1. The van der Waals surface area contributed by atoms with Gasteiger partial charge in [0.05, 0.1) is 25.5 Å². The number of carbonyl (C=O) groups is 1. The second kappa shape index (κ2) is 5.56. The molecular formula is C14H14FNO3. The van der Waals surface area contributed by atoms with Crippen molar-refractivity contribution in [3.8, 4) is 0 Å². The molecular weight excluding hydrogens is 249 g/mol. The number of halogens is 1. The van der Waals surface area contributed by atoms with Crippen molar-refractivity contribution in [2.24, 2.45) is 0 Å². The van der Waals surface area contributed by atoms with Crippen LogP contribution in [0.25, 0.3) is 0 Å². The van der Waals surface area contributed by atoms with E-state index in [2.05, 4.69) is 10.1 Å². The van der Waals surface area contributed by atoms with Crippen LogP contribution in [0.15, 0.2) is 34.9 Å². The van der Waals surface area contributed by atoms with Crippen molar-refractivity contribution in [2.45, 2.75) is 13.5 Å². The third-order valence-corrected chi connectivity index (χ3v) is 2.79. The molecule has 19 heavy (non-hydrogen) atoms. The van der Waals surface area contributed by atoms with Crippen LogP contribution in [-0.4, -0.2) is 13.1 Å². The topological polar surface area (TPSA) is 51.5 Å². The Balaban J connectivity index is 2.20. The predicted octanol–water partition coefficient (Wildman–Crippen LogP) is 3.13. The number of furan rings is 1. The zero-order valence-electron chi connectivity index (χ0n) is 10.7. The van der Waals surface area contributed by atoms with Gasteiger partial charge < -0.3 is 14.5 Å². The summed E-state index contributed by atoms with van der Waals surface area (Å²) < 4.78 is 23.1. The van der Waals surface area contributed by atoms with Gasteiger partial charge >= 0.3 is 5.97 Å². The number of rotatable bonds is 4. The molecule has 0 bridgehead atoms. The summed E-state index contributed by atoms with van der Waals surface area (Å²) in [5.74, 6) is -0.307. The third-order valence-electron chi connectivity index (χ3n) is 2.79. The van der Waals surface area contributed by atoms with Crippen molar-refractivity contribution >= 4 is 11.7 Å². The lowest BCUT2D eigenvalue weighted by Gasteiger charge is -2.10. The molecule has 0 amide bonds. The Morgan fingerprint density at radius 1 is 1.42 bits per heavy atom. The molecule has 0 aliphatic heterocycles. The number of hydrogen-bond acceptors (Lipinski definition) is 4. The molecule has 0 saturated heterocycles. The predicted molar refractivity (Wildman–Crippen MR) is 68.5 cm³/mol. The first-order chi connectivity index (χ1) is 9.11. The molecule has 5 heteroatoms. The van der Waals surface area contributed by atoms with Gasteiger partial charge in [0.25, 0.3) is 0 Å². The molecule has 100 valence electrons. The molecule has 0 radical (unpaired) electrons. The lowest BCUT2D eigenvalue weighted by Crippen LogP contribution is -2.09. The molecule has 1 heterocycles. The first kappa shape index (κ1) is 13.1. The van der Waals surface area contributed by atoms with E-state index in [1.165, 1.54) is 19.2 Å². The van der Waals surface area contributed by atoms with Crippen LogP contribution in [-0.2, 0) is 11.3 Å². The fourth-order valence-corrected chi connectivity index (χ4v) is 1.71. The van der Waals surface area contributed by atoms with Crippen molar-refractivity contribution in [1.82, 2.24) is 0 Å². The minimum absolute atomic E-state index is 0.159. The average Bonchev–Trinajstić information content (AvgIpc) is 2.82. The number of esters is 1. The van der Waals surface area contributed by atoms with E-state index in [1.807, 2.05) is 13.0 Å².